The molecule has 0 heterocycles. The Morgan fingerprint density at radius 2 is 1.64 bits per heavy atom. The summed E-state index contributed by atoms with van der Waals surface area (Å²) in [5, 5.41) is 0. The maximum atomic E-state index is 14.9. The fraction of sp³-hybridized carbons (Fsp3) is 0.148. The van der Waals surface area contributed by atoms with Crippen LogP contribution in [0.15, 0.2) is 95.0 Å². The lowest BCUT2D eigenvalue weighted by molar-refractivity contribution is -0.175. The molecule has 0 radical (unpaired) electrons. The van der Waals surface area contributed by atoms with Crippen LogP contribution >= 0.6 is 15.9 Å². The van der Waals surface area contributed by atoms with Crippen LogP contribution in [0.2, 0.25) is 0 Å². The highest BCUT2D eigenvalue weighted by atomic mass is 79.9. The summed E-state index contributed by atoms with van der Waals surface area (Å²) in [5.74, 6) is -0.789. The van der Waals surface area contributed by atoms with Gasteiger partial charge in [0, 0.05) is 16.5 Å². The molecule has 1 atom stereocenters. The summed E-state index contributed by atoms with van der Waals surface area (Å²) in [7, 11) is 1.17. The molecular formula is C27H20BrF3O2. The Hall–Kier alpha value is -3.12. The zero-order valence-corrected chi connectivity index (χ0v) is 19.3. The van der Waals surface area contributed by atoms with Gasteiger partial charge in [0.25, 0.3) is 0 Å². The molecule has 0 N–H and O–H groups in total. The predicted molar refractivity (Wildman–Crippen MR) is 126 cm³/mol. The van der Waals surface area contributed by atoms with E-state index < -0.39 is 24.0 Å². The lowest BCUT2D eigenvalue weighted by atomic mass is 9.76. The van der Waals surface area contributed by atoms with Crippen LogP contribution < -0.4 is 0 Å². The number of allylic oxidation sites excluding steroid dienone is 1. The second-order valence-electron chi connectivity index (χ2n) is 7.83. The van der Waals surface area contributed by atoms with Crippen LogP contribution in [0.3, 0.4) is 0 Å². The van der Waals surface area contributed by atoms with E-state index >= 15 is 0 Å². The number of methoxy groups -OCH3 is 1. The van der Waals surface area contributed by atoms with Gasteiger partial charge in [-0.1, -0.05) is 88.7 Å². The van der Waals surface area contributed by atoms with Gasteiger partial charge < -0.3 is 4.74 Å². The largest absolute Gasteiger partial charge is 0.466 e. The highest BCUT2D eigenvalue weighted by Crippen LogP contribution is 2.55. The number of rotatable bonds is 5. The molecule has 33 heavy (non-hydrogen) atoms. The minimum absolute atomic E-state index is 0.0551. The van der Waals surface area contributed by atoms with Crippen LogP contribution in [-0.4, -0.2) is 19.3 Å². The lowest BCUT2D eigenvalue weighted by Gasteiger charge is -2.32. The molecule has 1 aliphatic carbocycles. The number of halogens is 4. The van der Waals surface area contributed by atoms with Gasteiger partial charge in [0.2, 0.25) is 0 Å². The highest BCUT2D eigenvalue weighted by Gasteiger charge is 2.58. The van der Waals surface area contributed by atoms with E-state index in [1.165, 1.54) is 25.3 Å². The van der Waals surface area contributed by atoms with Crippen LogP contribution in [0.25, 0.3) is 11.6 Å². The molecule has 6 heteroatoms. The van der Waals surface area contributed by atoms with E-state index in [1.54, 1.807) is 66.7 Å². The molecule has 0 amide bonds. The Morgan fingerprint density at radius 1 is 1.00 bits per heavy atom. The normalized spacial score (nSPS) is 18.0. The standard InChI is InChI=1S/C27H20BrF3O2/c1-33-25(32)20(14-18-8-4-2-5-9-18)16-26(27(29,30)31)17-23(19-10-6-3-7-11-19)22-15-21(28)12-13-24(22)26/h2-15,17H,16H2,1H3/b20-14+/t26-/m1/s1. The first-order chi connectivity index (χ1) is 15.7. The number of hydrogen-bond acceptors (Lipinski definition) is 2. The third-order valence-electron chi connectivity index (χ3n) is 5.79. The second-order valence-corrected chi connectivity index (χ2v) is 8.75. The number of esters is 1. The number of carbonyl (C=O) groups excluding carboxylic acids is 1. The Balaban J connectivity index is 1.94. The van der Waals surface area contributed by atoms with Crippen LogP contribution in [0, 0.1) is 0 Å². The van der Waals surface area contributed by atoms with Crippen molar-refractivity contribution in [3.8, 4) is 0 Å². The molecule has 0 aromatic heterocycles. The van der Waals surface area contributed by atoms with E-state index in [-0.39, 0.29) is 11.1 Å². The molecule has 0 saturated carbocycles. The maximum Gasteiger partial charge on any atom is 0.402 e. The molecule has 0 spiro atoms. The van der Waals surface area contributed by atoms with Gasteiger partial charge >= 0.3 is 12.1 Å². The van der Waals surface area contributed by atoms with Gasteiger partial charge in [0.1, 0.15) is 5.41 Å². The Kier molecular flexibility index (Phi) is 6.30. The van der Waals surface area contributed by atoms with E-state index in [9.17, 15) is 18.0 Å². The minimum atomic E-state index is -4.66. The van der Waals surface area contributed by atoms with Crippen molar-refractivity contribution in [3.63, 3.8) is 0 Å². The first-order valence-electron chi connectivity index (χ1n) is 10.2. The van der Waals surface area contributed by atoms with Crippen molar-refractivity contribution >= 4 is 33.5 Å². The second kappa shape index (κ2) is 9.02. The predicted octanol–water partition coefficient (Wildman–Crippen LogP) is 7.34. The van der Waals surface area contributed by atoms with Gasteiger partial charge in [0.15, 0.2) is 0 Å². The fourth-order valence-corrected chi connectivity index (χ4v) is 4.59. The molecule has 3 aromatic rings. The number of fused-ring (bicyclic) bond motifs is 1. The van der Waals surface area contributed by atoms with Crippen LogP contribution in [0.4, 0.5) is 13.2 Å². The topological polar surface area (TPSA) is 26.3 Å². The monoisotopic (exact) mass is 512 g/mol. The van der Waals surface area contributed by atoms with Crippen LogP contribution in [-0.2, 0) is 14.9 Å². The average Bonchev–Trinajstić information content (AvgIpc) is 3.14. The molecule has 4 rings (SSSR count). The van der Waals surface area contributed by atoms with Gasteiger partial charge in [-0.15, -0.1) is 0 Å². The summed E-state index contributed by atoms with van der Waals surface area (Å²) in [4.78, 5) is 12.6. The molecule has 0 fully saturated rings. The summed E-state index contributed by atoms with van der Waals surface area (Å²) >= 11 is 3.39. The quantitative estimate of drug-likeness (QED) is 0.264. The summed E-state index contributed by atoms with van der Waals surface area (Å²) in [6, 6.07) is 22.5. The van der Waals surface area contributed by atoms with E-state index in [0.29, 0.717) is 26.7 Å². The lowest BCUT2D eigenvalue weighted by Crippen LogP contribution is -2.40. The number of hydrogen-bond donors (Lipinski definition) is 0. The van der Waals surface area contributed by atoms with Gasteiger partial charge in [-0.05, 0) is 46.0 Å². The van der Waals surface area contributed by atoms with E-state index in [2.05, 4.69) is 15.9 Å². The van der Waals surface area contributed by atoms with Gasteiger partial charge in [-0.3, -0.25) is 0 Å². The Labute approximate surface area is 198 Å². The zero-order chi connectivity index (χ0) is 23.6. The van der Waals surface area contributed by atoms with Crippen molar-refractivity contribution in [2.75, 3.05) is 7.11 Å². The molecule has 2 nitrogen and oxygen atoms in total. The maximum absolute atomic E-state index is 14.9. The fourth-order valence-electron chi connectivity index (χ4n) is 4.23. The number of alkyl halides is 3. The number of benzene rings is 3. The summed E-state index contributed by atoms with van der Waals surface area (Å²) in [5.41, 5.74) is -0.0697. The molecule has 0 aliphatic heterocycles. The molecule has 168 valence electrons. The van der Waals surface area contributed by atoms with Crippen LogP contribution in [0.5, 0.6) is 0 Å². The van der Waals surface area contributed by atoms with Crippen molar-refractivity contribution in [3.05, 3.63) is 117 Å². The first kappa shape index (κ1) is 23.1. The Morgan fingerprint density at radius 3 is 2.24 bits per heavy atom. The third-order valence-corrected chi connectivity index (χ3v) is 6.28. The molecule has 0 saturated heterocycles. The van der Waals surface area contributed by atoms with Gasteiger partial charge in [-0.2, -0.15) is 13.2 Å². The smallest absolute Gasteiger partial charge is 0.402 e. The molecular weight excluding hydrogens is 493 g/mol. The summed E-state index contributed by atoms with van der Waals surface area (Å²) in [6.07, 6.45) is -2.52. The van der Waals surface area contributed by atoms with Gasteiger partial charge in [-0.25, -0.2) is 4.79 Å². The van der Waals surface area contributed by atoms with Crippen molar-refractivity contribution in [1.82, 2.24) is 0 Å². The molecule has 0 unspecified atom stereocenters. The van der Waals surface area contributed by atoms with Crippen molar-refractivity contribution in [2.45, 2.75) is 18.0 Å². The van der Waals surface area contributed by atoms with E-state index in [1.807, 2.05) is 6.07 Å². The Bertz CT molecular complexity index is 1230. The summed E-state index contributed by atoms with van der Waals surface area (Å²) in [6.45, 7) is 0. The molecule has 3 aromatic carbocycles. The first-order valence-corrected chi connectivity index (χ1v) is 11.0. The highest BCUT2D eigenvalue weighted by molar-refractivity contribution is 9.10. The minimum Gasteiger partial charge on any atom is -0.466 e. The van der Waals surface area contributed by atoms with E-state index in [0.717, 1.165) is 0 Å². The SMILES string of the molecule is COC(=O)/C(=C/c1ccccc1)C[C@@]1(C(F)(F)F)C=C(c2ccccc2)c2cc(Br)ccc21. The van der Waals surface area contributed by atoms with Crippen LogP contribution in [0.1, 0.15) is 28.7 Å². The average molecular weight is 513 g/mol. The third kappa shape index (κ3) is 4.40. The van der Waals surface area contributed by atoms with Crippen molar-refractivity contribution in [2.24, 2.45) is 0 Å². The van der Waals surface area contributed by atoms with E-state index in [4.69, 9.17) is 4.74 Å². The van der Waals surface area contributed by atoms with Gasteiger partial charge in [0.05, 0.1) is 7.11 Å². The number of ether oxygens (including phenoxy) is 1. The molecule has 0 bridgehead atoms. The van der Waals surface area contributed by atoms with Crippen molar-refractivity contribution in [1.29, 1.82) is 0 Å². The summed E-state index contributed by atoms with van der Waals surface area (Å²) < 4.78 is 50.3. The number of carbonyl (C=O) groups is 1. The molecule has 1 aliphatic rings. The van der Waals surface area contributed by atoms with Crippen molar-refractivity contribution < 1.29 is 22.7 Å². The zero-order valence-electron chi connectivity index (χ0n) is 17.7.